The Morgan fingerprint density at radius 3 is 2.38 bits per heavy atom. The van der Waals surface area contributed by atoms with Gasteiger partial charge in [-0.15, -0.1) is 0 Å². The Labute approximate surface area is 318 Å². The van der Waals surface area contributed by atoms with E-state index in [0.29, 0.717) is 48.2 Å². The molecule has 2 aromatic heterocycles. The van der Waals surface area contributed by atoms with Crippen molar-refractivity contribution < 1.29 is 19.0 Å². The number of methoxy groups -OCH3 is 2. The van der Waals surface area contributed by atoms with Crippen LogP contribution in [0.3, 0.4) is 0 Å². The summed E-state index contributed by atoms with van der Waals surface area (Å²) >= 11 is 13.7. The zero-order valence-electron chi connectivity index (χ0n) is 30.4. The molecule has 0 amide bonds. The normalized spacial score (nSPS) is 13.8. The maximum Gasteiger partial charge on any atom is 0.260 e. The van der Waals surface area contributed by atoms with E-state index in [2.05, 4.69) is 15.2 Å². The number of carbonyl (C=O) groups is 1. The predicted molar refractivity (Wildman–Crippen MR) is 212 cm³/mol. The molecule has 1 aliphatic heterocycles. The van der Waals surface area contributed by atoms with Crippen LogP contribution in [0.15, 0.2) is 83.8 Å². The third-order valence-electron chi connectivity index (χ3n) is 9.09. The smallest absolute Gasteiger partial charge is 0.260 e. The number of ether oxygens (including phenoxy) is 3. The number of aromatic nitrogens is 3. The average molecular weight is 758 g/mol. The van der Waals surface area contributed by atoms with E-state index in [-0.39, 0.29) is 33.4 Å². The fourth-order valence-corrected chi connectivity index (χ4v) is 7.02. The summed E-state index contributed by atoms with van der Waals surface area (Å²) < 4.78 is 18.1. The van der Waals surface area contributed by atoms with E-state index in [9.17, 15) is 9.59 Å². The van der Waals surface area contributed by atoms with Crippen LogP contribution in [0.5, 0.6) is 11.5 Å². The van der Waals surface area contributed by atoms with Crippen LogP contribution in [0, 0.1) is 0 Å². The van der Waals surface area contributed by atoms with E-state index in [1.165, 1.54) is 14.2 Å². The fraction of sp³-hybridized carbons (Fsp3) is 0.300. The highest BCUT2D eigenvalue weighted by molar-refractivity contribution is 6.41. The lowest BCUT2D eigenvalue weighted by molar-refractivity contribution is -0.114. The highest BCUT2D eigenvalue weighted by Crippen LogP contribution is 2.45. The molecule has 1 fully saturated rings. The van der Waals surface area contributed by atoms with Gasteiger partial charge >= 0.3 is 0 Å². The Kier molecular flexibility index (Phi) is 12.0. The van der Waals surface area contributed by atoms with Crippen molar-refractivity contribution in [2.75, 3.05) is 71.4 Å². The van der Waals surface area contributed by atoms with Gasteiger partial charge in [-0.2, -0.15) is 4.98 Å². The molecular formula is C40H42Cl2N6O5. The van der Waals surface area contributed by atoms with Crippen LogP contribution in [-0.4, -0.2) is 86.4 Å². The number of allylic oxidation sites excluding steroid dienone is 1. The Balaban J connectivity index is 1.44. The highest BCUT2D eigenvalue weighted by Gasteiger charge is 2.25. The second-order valence-corrected chi connectivity index (χ2v) is 13.7. The number of pyridine rings is 1. The van der Waals surface area contributed by atoms with Gasteiger partial charge in [0.2, 0.25) is 5.95 Å². The minimum atomic E-state index is -0.537. The summed E-state index contributed by atoms with van der Waals surface area (Å²) in [4.78, 5) is 41.4. The first-order valence-corrected chi connectivity index (χ1v) is 18.0. The van der Waals surface area contributed by atoms with Gasteiger partial charge in [0.15, 0.2) is 5.78 Å². The lowest BCUT2D eigenvalue weighted by Gasteiger charge is -2.28. The van der Waals surface area contributed by atoms with Gasteiger partial charge in [0.1, 0.15) is 17.1 Å². The zero-order valence-corrected chi connectivity index (χ0v) is 31.9. The van der Waals surface area contributed by atoms with Crippen LogP contribution in [0.1, 0.15) is 24.1 Å². The Morgan fingerprint density at radius 1 is 1.02 bits per heavy atom. The fourth-order valence-electron chi connectivity index (χ4n) is 6.31. The van der Waals surface area contributed by atoms with Crippen LogP contribution >= 0.6 is 23.2 Å². The first-order chi connectivity index (χ1) is 25.6. The topological polar surface area (TPSA) is 111 Å². The van der Waals surface area contributed by atoms with Crippen molar-refractivity contribution in [3.8, 4) is 22.6 Å². The molecule has 0 radical (unpaired) electrons. The van der Waals surface area contributed by atoms with Crippen LogP contribution in [-0.2, 0) is 16.0 Å². The molecule has 1 saturated heterocycles. The number of morpholine rings is 1. The first-order valence-electron chi connectivity index (χ1n) is 17.2. The summed E-state index contributed by atoms with van der Waals surface area (Å²) in [5.74, 6) is 0.899. The van der Waals surface area contributed by atoms with E-state index in [0.717, 1.165) is 35.6 Å². The number of hydrogen-bond acceptors (Lipinski definition) is 10. The standard InChI is InChI=1S/C40H42Cl2N6O5/c1-25(27-9-6-8-26(20-27)21-31(49)10-7-15-46(2)3)48-38-28(22-32(39(48)50)35-36(41)33(51-4)23-34(52-5)37(35)42)24-43-40(45-38)44-29-11-13-30(14-12-29)47-16-18-53-19-17-47/h6-14,20,22-25H,15-19,21H2,1-5H3,(H,43,44,45)/b10-7+. The van der Waals surface area contributed by atoms with Crippen LogP contribution in [0.25, 0.3) is 22.2 Å². The molecule has 1 unspecified atom stereocenters. The molecule has 0 bridgehead atoms. The Morgan fingerprint density at radius 2 is 1.72 bits per heavy atom. The summed E-state index contributed by atoms with van der Waals surface area (Å²) in [6, 6.07) is 18.4. The first kappa shape index (κ1) is 37.8. The highest BCUT2D eigenvalue weighted by atomic mass is 35.5. The summed E-state index contributed by atoms with van der Waals surface area (Å²) in [5, 5.41) is 4.20. The summed E-state index contributed by atoms with van der Waals surface area (Å²) in [6.45, 7) is 5.66. The van der Waals surface area contributed by atoms with Gasteiger partial charge in [0.25, 0.3) is 5.56 Å². The maximum absolute atomic E-state index is 14.8. The average Bonchev–Trinajstić information content (AvgIpc) is 3.15. The summed E-state index contributed by atoms with van der Waals surface area (Å²) in [6.07, 6.45) is 5.33. The van der Waals surface area contributed by atoms with E-state index >= 15 is 0 Å². The van der Waals surface area contributed by atoms with Gasteiger partial charge in [-0.25, -0.2) is 4.98 Å². The number of anilines is 3. The number of ketones is 1. The minimum absolute atomic E-state index is 0.0149. The van der Waals surface area contributed by atoms with Crippen molar-refractivity contribution >= 4 is 57.3 Å². The molecule has 0 saturated carbocycles. The number of benzene rings is 3. The minimum Gasteiger partial charge on any atom is -0.495 e. The van der Waals surface area contributed by atoms with Crippen LogP contribution in [0.4, 0.5) is 17.3 Å². The van der Waals surface area contributed by atoms with Crippen molar-refractivity contribution in [2.45, 2.75) is 19.4 Å². The van der Waals surface area contributed by atoms with E-state index in [1.54, 1.807) is 29.0 Å². The monoisotopic (exact) mass is 756 g/mol. The molecule has 276 valence electrons. The van der Waals surface area contributed by atoms with Gasteiger partial charge in [0, 0.05) is 60.6 Å². The largest absolute Gasteiger partial charge is 0.495 e. The van der Waals surface area contributed by atoms with E-state index in [1.807, 2.05) is 80.5 Å². The van der Waals surface area contributed by atoms with Crippen LogP contribution < -0.4 is 25.2 Å². The number of halogens is 2. The zero-order chi connectivity index (χ0) is 37.6. The van der Waals surface area contributed by atoms with E-state index < -0.39 is 11.6 Å². The molecule has 3 aromatic carbocycles. The molecule has 5 aromatic rings. The van der Waals surface area contributed by atoms with Gasteiger partial charge < -0.3 is 29.3 Å². The SMILES string of the molecule is COc1cc(OC)c(Cl)c(-c2cc3cnc(Nc4ccc(N5CCOCC5)cc4)nc3n(C(C)c3cccc(CC(=O)/C=C/CN(C)C)c3)c2=O)c1Cl. The molecule has 0 aliphatic carbocycles. The predicted octanol–water partition coefficient (Wildman–Crippen LogP) is 7.20. The second-order valence-electron chi connectivity index (χ2n) is 13.0. The van der Waals surface area contributed by atoms with Crippen LogP contribution in [0.2, 0.25) is 10.0 Å². The third-order valence-corrected chi connectivity index (χ3v) is 9.84. The molecule has 0 spiro atoms. The molecule has 11 nitrogen and oxygen atoms in total. The lowest BCUT2D eigenvalue weighted by Crippen LogP contribution is -2.36. The van der Waals surface area contributed by atoms with Crippen molar-refractivity contribution in [1.29, 1.82) is 0 Å². The molecule has 6 rings (SSSR count). The lowest BCUT2D eigenvalue weighted by atomic mass is 10.00. The van der Waals surface area contributed by atoms with Gasteiger partial charge in [0.05, 0.1) is 49.1 Å². The number of nitrogens with zero attached hydrogens (tertiary/aromatic N) is 5. The second kappa shape index (κ2) is 16.8. The molecule has 1 aliphatic rings. The number of fused-ring (bicyclic) bond motifs is 1. The molecule has 3 heterocycles. The summed E-state index contributed by atoms with van der Waals surface area (Å²) in [7, 11) is 6.85. The maximum atomic E-state index is 14.8. The Hall–Kier alpha value is -4.94. The molecule has 1 N–H and O–H groups in total. The molecule has 1 atom stereocenters. The molecule has 13 heteroatoms. The van der Waals surface area contributed by atoms with Gasteiger partial charge in [-0.3, -0.25) is 14.2 Å². The number of hydrogen-bond donors (Lipinski definition) is 1. The number of rotatable bonds is 13. The van der Waals surface area contributed by atoms with Crippen molar-refractivity contribution in [1.82, 2.24) is 19.4 Å². The van der Waals surface area contributed by atoms with Crippen molar-refractivity contribution in [2.24, 2.45) is 0 Å². The van der Waals surface area contributed by atoms with Gasteiger partial charge in [-0.1, -0.05) is 53.5 Å². The molecular weight excluding hydrogens is 715 g/mol. The third kappa shape index (κ3) is 8.49. The quantitative estimate of drug-likeness (QED) is 0.124. The van der Waals surface area contributed by atoms with Crippen molar-refractivity contribution in [3.63, 3.8) is 0 Å². The number of likely N-dealkylation sites (N-methyl/N-ethyl adjacent to an activating group) is 1. The van der Waals surface area contributed by atoms with E-state index in [4.69, 9.17) is 42.4 Å². The summed E-state index contributed by atoms with van der Waals surface area (Å²) in [5.41, 5.74) is 4.01. The number of carbonyl (C=O) groups excluding carboxylic acids is 1. The van der Waals surface area contributed by atoms with Gasteiger partial charge in [-0.05, 0) is 68.6 Å². The Bertz CT molecular complexity index is 2170. The van der Waals surface area contributed by atoms with Crippen molar-refractivity contribution in [3.05, 3.63) is 111 Å². The molecule has 53 heavy (non-hydrogen) atoms. The number of nitrogens with one attached hydrogen (secondary N) is 1.